The number of rotatable bonds is 4. The van der Waals surface area contributed by atoms with Crippen molar-refractivity contribution in [1.82, 2.24) is 9.97 Å². The van der Waals surface area contributed by atoms with Crippen LogP contribution in [-0.4, -0.2) is 28.2 Å². The summed E-state index contributed by atoms with van der Waals surface area (Å²) in [4.78, 5) is 17.7. The molecular weight excluding hydrogens is 220 g/mol. The molecule has 1 aromatic rings. The molecule has 0 aromatic carbocycles. The summed E-state index contributed by atoms with van der Waals surface area (Å²) in [6.45, 7) is 0.927. The van der Waals surface area contributed by atoms with Crippen LogP contribution in [0.4, 0.5) is 11.5 Å². The van der Waals surface area contributed by atoms with Crippen molar-refractivity contribution in [3.63, 3.8) is 0 Å². The number of nitrogens with one attached hydrogen (secondary N) is 2. The van der Waals surface area contributed by atoms with Gasteiger partial charge in [0.25, 0.3) is 5.56 Å². The Morgan fingerprint density at radius 2 is 2.29 bits per heavy atom. The molecule has 6 heteroatoms. The van der Waals surface area contributed by atoms with Crippen LogP contribution < -0.4 is 16.6 Å². The Bertz CT molecular complexity index is 432. The Balaban J connectivity index is 1.98. The van der Waals surface area contributed by atoms with E-state index < -0.39 is 0 Å². The lowest BCUT2D eigenvalue weighted by Gasteiger charge is -2.18. The highest BCUT2D eigenvalue weighted by Gasteiger charge is 2.26. The third kappa shape index (κ3) is 2.58. The molecule has 17 heavy (non-hydrogen) atoms. The van der Waals surface area contributed by atoms with Crippen LogP contribution in [0.5, 0.6) is 0 Å². The molecule has 1 fully saturated rings. The predicted octanol–water partition coefficient (Wildman–Crippen LogP) is 0.173. The largest absolute Gasteiger partial charge is 0.396 e. The van der Waals surface area contributed by atoms with Crippen molar-refractivity contribution < 1.29 is 5.11 Å². The van der Waals surface area contributed by atoms with Crippen LogP contribution in [0.3, 0.4) is 0 Å². The topological polar surface area (TPSA) is 104 Å². The zero-order chi connectivity index (χ0) is 12.3. The molecule has 1 heterocycles. The highest BCUT2D eigenvalue weighted by molar-refractivity contribution is 5.58. The fourth-order valence-corrected chi connectivity index (χ4v) is 2.40. The second-order valence-corrected chi connectivity index (χ2v) is 4.51. The van der Waals surface area contributed by atoms with Crippen molar-refractivity contribution in [2.45, 2.75) is 19.3 Å². The summed E-state index contributed by atoms with van der Waals surface area (Å²) in [6.07, 6.45) is 4.65. The van der Waals surface area contributed by atoms with Gasteiger partial charge < -0.3 is 21.1 Å². The van der Waals surface area contributed by atoms with Gasteiger partial charge in [0.15, 0.2) is 5.82 Å². The van der Waals surface area contributed by atoms with Gasteiger partial charge in [-0.05, 0) is 24.7 Å². The van der Waals surface area contributed by atoms with Crippen LogP contribution >= 0.6 is 0 Å². The first kappa shape index (κ1) is 11.9. The third-order valence-electron chi connectivity index (χ3n) is 3.47. The molecule has 1 aromatic heterocycles. The minimum atomic E-state index is -0.326. The van der Waals surface area contributed by atoms with E-state index in [9.17, 15) is 9.90 Å². The summed E-state index contributed by atoms with van der Waals surface area (Å²) in [7, 11) is 0. The number of hydrogen-bond donors (Lipinski definition) is 4. The van der Waals surface area contributed by atoms with Crippen LogP contribution in [0.25, 0.3) is 0 Å². The first-order valence-corrected chi connectivity index (χ1v) is 5.90. The molecule has 94 valence electrons. The van der Waals surface area contributed by atoms with Gasteiger partial charge in [0.1, 0.15) is 5.69 Å². The Labute approximate surface area is 99.3 Å². The lowest BCUT2D eigenvalue weighted by molar-refractivity contribution is 0.199. The molecule has 0 bridgehead atoms. The molecule has 0 amide bonds. The number of aliphatic hydroxyl groups excluding tert-OH is 1. The molecule has 0 radical (unpaired) electrons. The van der Waals surface area contributed by atoms with E-state index in [0.717, 1.165) is 19.3 Å². The number of nitrogens with two attached hydrogens (primary N) is 1. The van der Waals surface area contributed by atoms with E-state index in [4.69, 9.17) is 5.73 Å². The van der Waals surface area contributed by atoms with Crippen molar-refractivity contribution in [3.05, 3.63) is 16.7 Å². The SMILES string of the molecule is Nc1c(NCC2CCCC2CO)nc[nH]c1=O. The van der Waals surface area contributed by atoms with Gasteiger partial charge >= 0.3 is 0 Å². The summed E-state index contributed by atoms with van der Waals surface area (Å²) in [5, 5.41) is 12.3. The van der Waals surface area contributed by atoms with Crippen LogP contribution in [0.1, 0.15) is 19.3 Å². The first-order chi connectivity index (χ1) is 8.22. The van der Waals surface area contributed by atoms with Gasteiger partial charge in [-0.3, -0.25) is 4.79 Å². The van der Waals surface area contributed by atoms with Gasteiger partial charge in [0.05, 0.1) is 6.33 Å². The van der Waals surface area contributed by atoms with E-state index in [1.807, 2.05) is 0 Å². The molecule has 6 nitrogen and oxygen atoms in total. The molecule has 0 aliphatic heterocycles. The number of nitrogen functional groups attached to an aromatic ring is 1. The number of aliphatic hydroxyl groups is 1. The fraction of sp³-hybridized carbons (Fsp3) is 0.636. The first-order valence-electron chi connectivity index (χ1n) is 5.90. The molecule has 0 spiro atoms. The van der Waals surface area contributed by atoms with E-state index in [1.165, 1.54) is 6.33 Å². The maximum atomic E-state index is 11.3. The number of anilines is 2. The van der Waals surface area contributed by atoms with E-state index in [0.29, 0.717) is 24.2 Å². The van der Waals surface area contributed by atoms with Gasteiger partial charge in [0, 0.05) is 13.2 Å². The second-order valence-electron chi connectivity index (χ2n) is 4.51. The minimum absolute atomic E-state index is 0.117. The summed E-state index contributed by atoms with van der Waals surface area (Å²) in [6, 6.07) is 0. The van der Waals surface area contributed by atoms with Crippen LogP contribution in [0.2, 0.25) is 0 Å². The van der Waals surface area contributed by atoms with Crippen molar-refractivity contribution in [2.24, 2.45) is 11.8 Å². The average molecular weight is 238 g/mol. The number of H-pyrrole nitrogens is 1. The van der Waals surface area contributed by atoms with Gasteiger partial charge in [-0.15, -0.1) is 0 Å². The number of aromatic amines is 1. The van der Waals surface area contributed by atoms with Gasteiger partial charge in [-0.1, -0.05) is 6.42 Å². The number of hydrogen-bond acceptors (Lipinski definition) is 5. The fourth-order valence-electron chi connectivity index (χ4n) is 2.40. The van der Waals surface area contributed by atoms with Crippen molar-refractivity contribution >= 4 is 11.5 Å². The Hall–Kier alpha value is -1.56. The Morgan fingerprint density at radius 1 is 1.53 bits per heavy atom. The molecule has 1 aliphatic rings. The monoisotopic (exact) mass is 238 g/mol. The van der Waals surface area contributed by atoms with Crippen LogP contribution in [0.15, 0.2) is 11.1 Å². The van der Waals surface area contributed by atoms with E-state index in [-0.39, 0.29) is 17.9 Å². The van der Waals surface area contributed by atoms with Crippen LogP contribution in [-0.2, 0) is 0 Å². The van der Waals surface area contributed by atoms with Crippen molar-refractivity contribution in [1.29, 1.82) is 0 Å². The summed E-state index contributed by atoms with van der Waals surface area (Å²) in [5.41, 5.74) is 5.41. The number of nitrogens with zero attached hydrogens (tertiary/aromatic N) is 1. The Morgan fingerprint density at radius 3 is 3.06 bits per heavy atom. The predicted molar refractivity (Wildman–Crippen MR) is 65.7 cm³/mol. The van der Waals surface area contributed by atoms with Crippen LogP contribution in [0, 0.1) is 11.8 Å². The standard InChI is InChI=1S/C11H18N4O2/c12-9-10(14-6-15-11(9)17)13-4-7-2-1-3-8(7)5-16/h6-8,16H,1-5,12H2,(H2,13,14,15,17). The normalized spacial score (nSPS) is 23.8. The van der Waals surface area contributed by atoms with E-state index in [1.54, 1.807) is 0 Å². The second kappa shape index (κ2) is 5.18. The minimum Gasteiger partial charge on any atom is -0.396 e. The molecule has 1 aliphatic carbocycles. The highest BCUT2D eigenvalue weighted by Crippen LogP contribution is 2.31. The van der Waals surface area contributed by atoms with E-state index in [2.05, 4.69) is 15.3 Å². The summed E-state index contributed by atoms with van der Waals surface area (Å²) >= 11 is 0. The average Bonchev–Trinajstić information content (AvgIpc) is 2.78. The van der Waals surface area contributed by atoms with Gasteiger partial charge in [0.2, 0.25) is 0 Å². The summed E-state index contributed by atoms with van der Waals surface area (Å²) in [5.74, 6) is 1.21. The van der Waals surface area contributed by atoms with Crippen molar-refractivity contribution in [2.75, 3.05) is 24.2 Å². The molecule has 1 saturated carbocycles. The molecule has 2 rings (SSSR count). The lowest BCUT2D eigenvalue weighted by Crippen LogP contribution is -2.23. The maximum absolute atomic E-state index is 11.3. The lowest BCUT2D eigenvalue weighted by atomic mass is 9.97. The molecule has 2 unspecified atom stereocenters. The molecule has 2 atom stereocenters. The van der Waals surface area contributed by atoms with Crippen molar-refractivity contribution in [3.8, 4) is 0 Å². The van der Waals surface area contributed by atoms with E-state index >= 15 is 0 Å². The zero-order valence-electron chi connectivity index (χ0n) is 9.65. The van der Waals surface area contributed by atoms with Gasteiger partial charge in [-0.25, -0.2) is 4.98 Å². The number of aromatic nitrogens is 2. The molecule has 5 N–H and O–H groups in total. The quantitative estimate of drug-likeness (QED) is 0.598. The molecular formula is C11H18N4O2. The third-order valence-corrected chi connectivity index (χ3v) is 3.47. The van der Waals surface area contributed by atoms with Gasteiger partial charge in [-0.2, -0.15) is 0 Å². The zero-order valence-corrected chi connectivity index (χ0v) is 9.65. The Kier molecular flexibility index (Phi) is 3.63. The summed E-state index contributed by atoms with van der Waals surface area (Å²) < 4.78 is 0. The molecule has 0 saturated heterocycles. The smallest absolute Gasteiger partial charge is 0.276 e. The maximum Gasteiger partial charge on any atom is 0.276 e. The highest BCUT2D eigenvalue weighted by atomic mass is 16.3.